The molecule has 0 aliphatic carbocycles. The minimum Gasteiger partial charge on any atom is -0.448 e. The molecule has 0 aromatic carbocycles. The van der Waals surface area contributed by atoms with E-state index in [1.54, 1.807) is 9.80 Å². The number of fused-ring (bicyclic) bond motifs is 1. The highest BCUT2D eigenvalue weighted by Gasteiger charge is 2.50. The second kappa shape index (κ2) is 26.0. The van der Waals surface area contributed by atoms with Crippen LogP contribution in [0.5, 0.6) is 0 Å². The van der Waals surface area contributed by atoms with E-state index in [9.17, 15) is 9.59 Å². The largest absolute Gasteiger partial charge is 0.448 e. The smallest absolute Gasteiger partial charge is 0.261 e. The summed E-state index contributed by atoms with van der Waals surface area (Å²) in [4.78, 5) is 32.3. The lowest BCUT2D eigenvalue weighted by Crippen LogP contribution is -2.31. The van der Waals surface area contributed by atoms with Gasteiger partial charge in [-0.3, -0.25) is 9.59 Å². The molecule has 2 amide bonds. The minimum atomic E-state index is -0.137. The summed E-state index contributed by atoms with van der Waals surface area (Å²) in [6.45, 7) is 5.66. The number of furan rings is 2. The average Bonchev–Trinajstić information content (AvgIpc) is 3.93. The maximum Gasteiger partial charge on any atom is 0.261 e. The van der Waals surface area contributed by atoms with Gasteiger partial charge >= 0.3 is 0 Å². The maximum absolute atomic E-state index is 14.4. The summed E-state index contributed by atoms with van der Waals surface area (Å²) < 4.78 is 13.2. The highest BCUT2D eigenvalue weighted by atomic mass is 79.9. The standard InChI is InChI=1S/C46H70Br2N2O4/c1-3-5-7-9-11-13-15-17-19-21-23-25-27-29-35-49-43(37-31-33-39(47)53-37)41-42(45(49)51)44(38-32-34-40(48)54-38)50(46(41)52)36-30-28-26-24-22-20-18-16-14-12-10-8-6-4-2/h31-34H,3-30,35-36H2,1-2H3. The minimum absolute atomic E-state index is 0.137. The summed E-state index contributed by atoms with van der Waals surface area (Å²) in [6.07, 6.45) is 35.8. The molecule has 0 saturated carbocycles. The Morgan fingerprint density at radius 2 is 0.667 bits per heavy atom. The molecule has 0 radical (unpaired) electrons. The number of hydrogen-bond donors (Lipinski definition) is 0. The Balaban J connectivity index is 1.28. The third-order valence-electron chi connectivity index (χ3n) is 11.3. The number of rotatable bonds is 32. The molecular weight excluding hydrogens is 804 g/mol. The zero-order valence-corrected chi connectivity index (χ0v) is 37.0. The summed E-state index contributed by atoms with van der Waals surface area (Å²) in [7, 11) is 0. The van der Waals surface area contributed by atoms with Gasteiger partial charge in [0.15, 0.2) is 20.9 Å². The normalized spacial score (nSPS) is 14.5. The van der Waals surface area contributed by atoms with Gasteiger partial charge in [-0.1, -0.05) is 181 Å². The lowest BCUT2D eigenvalue weighted by molar-refractivity contribution is -0.124. The quantitative estimate of drug-likeness (QED) is 0.0687. The van der Waals surface area contributed by atoms with Crippen molar-refractivity contribution in [1.29, 1.82) is 0 Å². The second-order valence-electron chi connectivity index (χ2n) is 15.8. The zero-order chi connectivity index (χ0) is 38.4. The van der Waals surface area contributed by atoms with E-state index in [0.717, 1.165) is 38.5 Å². The summed E-state index contributed by atoms with van der Waals surface area (Å²) >= 11 is 6.90. The molecule has 54 heavy (non-hydrogen) atoms. The van der Waals surface area contributed by atoms with Crippen molar-refractivity contribution in [3.8, 4) is 0 Å². The van der Waals surface area contributed by atoms with Crippen LogP contribution in [0.15, 0.2) is 53.6 Å². The number of carbonyl (C=O) groups is 2. The number of unbranched alkanes of at least 4 members (excludes halogenated alkanes) is 26. The van der Waals surface area contributed by atoms with Crippen LogP contribution in [-0.2, 0) is 9.59 Å². The van der Waals surface area contributed by atoms with Crippen LogP contribution in [0.1, 0.15) is 205 Å². The highest BCUT2D eigenvalue weighted by molar-refractivity contribution is 9.10. The van der Waals surface area contributed by atoms with Crippen LogP contribution in [0.2, 0.25) is 0 Å². The van der Waals surface area contributed by atoms with Gasteiger partial charge in [0.2, 0.25) is 0 Å². The summed E-state index contributed by atoms with van der Waals surface area (Å²) in [6, 6.07) is 7.37. The maximum atomic E-state index is 14.4. The van der Waals surface area contributed by atoms with E-state index in [0.29, 0.717) is 56.5 Å². The van der Waals surface area contributed by atoms with Crippen LogP contribution >= 0.6 is 31.9 Å². The first-order chi connectivity index (χ1) is 26.5. The fourth-order valence-electron chi connectivity index (χ4n) is 8.15. The lowest BCUT2D eigenvalue weighted by atomic mass is 10.0. The second-order valence-corrected chi connectivity index (χ2v) is 17.3. The topological polar surface area (TPSA) is 66.9 Å². The van der Waals surface area contributed by atoms with Crippen molar-refractivity contribution in [2.24, 2.45) is 0 Å². The highest BCUT2D eigenvalue weighted by Crippen LogP contribution is 2.47. The van der Waals surface area contributed by atoms with Crippen molar-refractivity contribution >= 4 is 55.1 Å². The molecule has 2 aromatic rings. The molecule has 302 valence electrons. The van der Waals surface area contributed by atoms with Gasteiger partial charge in [-0.15, -0.1) is 0 Å². The van der Waals surface area contributed by atoms with Crippen molar-refractivity contribution in [2.45, 2.75) is 194 Å². The molecule has 0 fully saturated rings. The lowest BCUT2D eigenvalue weighted by Gasteiger charge is -2.23. The zero-order valence-electron chi connectivity index (χ0n) is 33.8. The van der Waals surface area contributed by atoms with Crippen LogP contribution in [0.25, 0.3) is 11.4 Å². The van der Waals surface area contributed by atoms with E-state index >= 15 is 0 Å². The van der Waals surface area contributed by atoms with E-state index < -0.39 is 0 Å². The predicted molar refractivity (Wildman–Crippen MR) is 231 cm³/mol. The van der Waals surface area contributed by atoms with Gasteiger partial charge in [-0.25, -0.2) is 0 Å². The Kier molecular flexibility index (Phi) is 21.5. The van der Waals surface area contributed by atoms with Crippen molar-refractivity contribution in [1.82, 2.24) is 9.80 Å². The Hall–Kier alpha value is -2.06. The van der Waals surface area contributed by atoms with E-state index in [1.807, 2.05) is 24.3 Å². The molecule has 2 aromatic heterocycles. The summed E-state index contributed by atoms with van der Waals surface area (Å²) in [5.74, 6) is 0.803. The number of nitrogens with zero attached hydrogens (tertiary/aromatic N) is 2. The Morgan fingerprint density at radius 1 is 0.407 bits per heavy atom. The predicted octanol–water partition coefficient (Wildman–Crippen LogP) is 15.2. The molecule has 2 aliphatic rings. The average molecular weight is 875 g/mol. The van der Waals surface area contributed by atoms with Crippen LogP contribution < -0.4 is 0 Å². The van der Waals surface area contributed by atoms with Crippen LogP contribution in [0, 0.1) is 0 Å². The van der Waals surface area contributed by atoms with E-state index in [-0.39, 0.29) is 11.8 Å². The van der Waals surface area contributed by atoms with Gasteiger partial charge in [-0.05, 0) is 69.0 Å². The van der Waals surface area contributed by atoms with Crippen LogP contribution in [-0.4, -0.2) is 34.7 Å². The molecule has 0 unspecified atom stereocenters. The Morgan fingerprint density at radius 3 is 0.907 bits per heavy atom. The van der Waals surface area contributed by atoms with Crippen molar-refractivity contribution in [3.05, 3.63) is 56.3 Å². The SMILES string of the molecule is CCCCCCCCCCCCCCCCN1C(=O)C2=C(c3ccc(Br)o3)N(CCCCCCCCCCCCCCCC)C(=O)C2=C1c1ccc(Br)o1. The van der Waals surface area contributed by atoms with Crippen LogP contribution in [0.3, 0.4) is 0 Å². The first-order valence-electron chi connectivity index (χ1n) is 22.1. The van der Waals surface area contributed by atoms with Crippen LogP contribution in [0.4, 0.5) is 0 Å². The van der Waals surface area contributed by atoms with Gasteiger partial charge in [0, 0.05) is 13.1 Å². The Labute approximate surface area is 344 Å². The van der Waals surface area contributed by atoms with Gasteiger partial charge in [0.05, 0.1) is 11.1 Å². The number of halogens is 2. The molecule has 4 heterocycles. The van der Waals surface area contributed by atoms with Crippen molar-refractivity contribution in [2.75, 3.05) is 13.1 Å². The molecule has 6 nitrogen and oxygen atoms in total. The number of hydrogen-bond acceptors (Lipinski definition) is 4. The van der Waals surface area contributed by atoms with Gasteiger partial charge in [-0.2, -0.15) is 0 Å². The van der Waals surface area contributed by atoms with Crippen molar-refractivity contribution < 1.29 is 18.4 Å². The number of amides is 2. The van der Waals surface area contributed by atoms with Crippen molar-refractivity contribution in [3.63, 3.8) is 0 Å². The molecule has 0 atom stereocenters. The molecular formula is C46H70Br2N2O4. The molecule has 4 rings (SSSR count). The first-order valence-corrected chi connectivity index (χ1v) is 23.7. The Bertz CT molecular complexity index is 1350. The van der Waals surface area contributed by atoms with Gasteiger partial charge in [0.25, 0.3) is 11.8 Å². The van der Waals surface area contributed by atoms with E-state index in [4.69, 9.17) is 8.83 Å². The third-order valence-corrected chi connectivity index (χ3v) is 12.1. The third kappa shape index (κ3) is 14.2. The molecule has 2 aliphatic heterocycles. The van der Waals surface area contributed by atoms with Gasteiger partial charge in [0.1, 0.15) is 11.4 Å². The summed E-state index contributed by atoms with van der Waals surface area (Å²) in [5.41, 5.74) is 2.07. The molecule has 0 bridgehead atoms. The molecule has 0 spiro atoms. The molecule has 0 saturated heterocycles. The molecule has 8 heteroatoms. The summed E-state index contributed by atoms with van der Waals surface area (Å²) in [5, 5.41) is 0. The van der Waals surface area contributed by atoms with Gasteiger partial charge < -0.3 is 18.6 Å². The number of carbonyl (C=O) groups excluding carboxylic acids is 2. The van der Waals surface area contributed by atoms with E-state index in [1.165, 1.54) is 141 Å². The molecule has 0 N–H and O–H groups in total. The first kappa shape index (κ1) is 44.7. The fourth-order valence-corrected chi connectivity index (χ4v) is 8.76. The monoisotopic (exact) mass is 872 g/mol. The van der Waals surface area contributed by atoms with E-state index in [2.05, 4.69) is 45.7 Å². The fraction of sp³-hybridized carbons (Fsp3) is 0.696.